The summed E-state index contributed by atoms with van der Waals surface area (Å²) in [5.41, 5.74) is 1.01. The van der Waals surface area contributed by atoms with Crippen LogP contribution in [0.2, 0.25) is 5.02 Å². The van der Waals surface area contributed by atoms with E-state index in [0.717, 1.165) is 4.31 Å². The third-order valence-electron chi connectivity index (χ3n) is 4.13. The highest BCUT2D eigenvalue weighted by Gasteiger charge is 2.41. The number of hydrogen-bond donors (Lipinski definition) is 1. The molecular formula is C18H17ClN2O5S. The van der Waals surface area contributed by atoms with E-state index in [2.05, 4.69) is 5.32 Å². The van der Waals surface area contributed by atoms with Gasteiger partial charge in [-0.05, 0) is 42.5 Å². The Hall–Kier alpha value is -2.58. The quantitative estimate of drug-likeness (QED) is 0.839. The molecule has 0 radical (unpaired) electrons. The van der Waals surface area contributed by atoms with Gasteiger partial charge in [-0.15, -0.1) is 0 Å². The summed E-state index contributed by atoms with van der Waals surface area (Å²) in [4.78, 5) is 24.5. The van der Waals surface area contributed by atoms with Gasteiger partial charge in [0.2, 0.25) is 15.9 Å². The van der Waals surface area contributed by atoms with Gasteiger partial charge in [-0.25, -0.2) is 12.7 Å². The first-order valence-electron chi connectivity index (χ1n) is 8.05. The lowest BCUT2D eigenvalue weighted by Gasteiger charge is -2.15. The van der Waals surface area contributed by atoms with Gasteiger partial charge in [-0.3, -0.25) is 9.59 Å². The second-order valence-corrected chi connectivity index (χ2v) is 8.40. The fourth-order valence-corrected chi connectivity index (χ4v) is 4.86. The first-order chi connectivity index (χ1) is 12.7. The molecule has 0 aliphatic carbocycles. The zero-order valence-electron chi connectivity index (χ0n) is 14.6. The Morgan fingerprint density at radius 1 is 1.22 bits per heavy atom. The summed E-state index contributed by atoms with van der Waals surface area (Å²) in [5, 5.41) is 3.05. The molecule has 0 saturated carbocycles. The Kier molecular flexibility index (Phi) is 5.12. The lowest BCUT2D eigenvalue weighted by atomic mass is 10.1. The monoisotopic (exact) mass is 408 g/mol. The predicted molar refractivity (Wildman–Crippen MR) is 103 cm³/mol. The van der Waals surface area contributed by atoms with Crippen LogP contribution in [0.4, 0.5) is 11.4 Å². The fraction of sp³-hybridized carbons (Fsp3) is 0.222. The predicted octanol–water partition coefficient (Wildman–Crippen LogP) is 2.91. The van der Waals surface area contributed by atoms with Gasteiger partial charge in [0.05, 0.1) is 29.5 Å². The van der Waals surface area contributed by atoms with Crippen LogP contribution in [0.1, 0.15) is 17.3 Å². The number of halogens is 1. The molecule has 1 unspecified atom stereocenters. The molecule has 1 saturated heterocycles. The van der Waals surface area contributed by atoms with E-state index in [1.165, 1.54) is 31.4 Å². The number of nitrogens with zero attached hydrogens (tertiary/aromatic N) is 1. The van der Waals surface area contributed by atoms with E-state index in [4.69, 9.17) is 16.3 Å². The fourth-order valence-electron chi connectivity index (χ4n) is 2.78. The number of hydrogen-bond acceptors (Lipinski definition) is 5. The van der Waals surface area contributed by atoms with Crippen LogP contribution in [0.5, 0.6) is 5.75 Å². The Morgan fingerprint density at radius 2 is 1.89 bits per heavy atom. The zero-order valence-corrected chi connectivity index (χ0v) is 16.2. The highest BCUT2D eigenvalue weighted by atomic mass is 35.5. The van der Waals surface area contributed by atoms with Crippen molar-refractivity contribution < 1.29 is 22.7 Å². The Bertz CT molecular complexity index is 1000. The number of sulfonamides is 1. The number of rotatable bonds is 4. The number of carbonyl (C=O) groups is 2. The number of benzene rings is 2. The third-order valence-corrected chi connectivity index (χ3v) is 6.30. The third kappa shape index (κ3) is 3.77. The molecule has 0 spiro atoms. The number of carbonyl (C=O) groups excluding carboxylic acids is 2. The minimum atomic E-state index is -3.67. The number of anilines is 2. The maximum atomic E-state index is 12.4. The summed E-state index contributed by atoms with van der Waals surface area (Å²) >= 11 is 6.03. The lowest BCUT2D eigenvalue weighted by molar-refractivity contribution is -0.119. The van der Waals surface area contributed by atoms with E-state index in [-0.39, 0.29) is 11.4 Å². The van der Waals surface area contributed by atoms with E-state index >= 15 is 0 Å². The van der Waals surface area contributed by atoms with Crippen LogP contribution in [-0.4, -0.2) is 33.1 Å². The normalized spacial score (nSPS) is 18.4. The molecule has 0 bridgehead atoms. The lowest BCUT2D eigenvalue weighted by Crippen LogP contribution is -2.30. The molecule has 1 fully saturated rings. The molecule has 3 rings (SSSR count). The van der Waals surface area contributed by atoms with Crippen molar-refractivity contribution in [1.82, 2.24) is 0 Å². The van der Waals surface area contributed by atoms with Gasteiger partial charge >= 0.3 is 0 Å². The number of ether oxygens (including phenoxy) is 1. The van der Waals surface area contributed by atoms with Gasteiger partial charge in [0.15, 0.2) is 0 Å². The first-order valence-corrected chi connectivity index (χ1v) is 10.0. The topological polar surface area (TPSA) is 92.8 Å². The second-order valence-electron chi connectivity index (χ2n) is 6.13. The van der Waals surface area contributed by atoms with Crippen molar-refractivity contribution in [3.63, 3.8) is 0 Å². The zero-order chi connectivity index (χ0) is 19.8. The summed E-state index contributed by atoms with van der Waals surface area (Å²) in [6.45, 7) is 1.57. The van der Waals surface area contributed by atoms with Crippen molar-refractivity contribution in [2.24, 2.45) is 5.92 Å². The van der Waals surface area contributed by atoms with Crippen LogP contribution in [0.3, 0.4) is 0 Å². The molecule has 2 aromatic carbocycles. The molecular weight excluding hydrogens is 392 g/mol. The maximum absolute atomic E-state index is 12.4. The summed E-state index contributed by atoms with van der Waals surface area (Å²) in [6, 6.07) is 10.6. The SMILES string of the molecule is COc1ccc(NC(=O)c2ccc(N3C(=O)C(C)CS3(=O)=O)cc2)cc1Cl. The van der Waals surface area contributed by atoms with Crippen molar-refractivity contribution in [2.75, 3.05) is 22.5 Å². The summed E-state index contributed by atoms with van der Waals surface area (Å²) in [7, 11) is -2.18. The largest absolute Gasteiger partial charge is 0.495 e. The molecule has 142 valence electrons. The summed E-state index contributed by atoms with van der Waals surface area (Å²) in [6.07, 6.45) is 0. The van der Waals surface area contributed by atoms with Gasteiger partial charge < -0.3 is 10.1 Å². The van der Waals surface area contributed by atoms with E-state index in [0.29, 0.717) is 22.0 Å². The van der Waals surface area contributed by atoms with Gasteiger partial charge in [0, 0.05) is 11.3 Å². The average molecular weight is 409 g/mol. The maximum Gasteiger partial charge on any atom is 0.255 e. The van der Waals surface area contributed by atoms with Crippen LogP contribution in [-0.2, 0) is 14.8 Å². The molecule has 2 amide bonds. The van der Waals surface area contributed by atoms with Crippen molar-refractivity contribution in [2.45, 2.75) is 6.92 Å². The van der Waals surface area contributed by atoms with Gasteiger partial charge in [-0.1, -0.05) is 18.5 Å². The molecule has 1 aliphatic rings. The van der Waals surface area contributed by atoms with Crippen LogP contribution in [0.25, 0.3) is 0 Å². The van der Waals surface area contributed by atoms with Gasteiger partial charge in [0.25, 0.3) is 5.91 Å². The number of amides is 2. The molecule has 9 heteroatoms. The second kappa shape index (κ2) is 7.21. The Morgan fingerprint density at radius 3 is 2.41 bits per heavy atom. The van der Waals surface area contributed by atoms with E-state index in [9.17, 15) is 18.0 Å². The van der Waals surface area contributed by atoms with Crippen molar-refractivity contribution in [3.05, 3.63) is 53.1 Å². The number of nitrogens with one attached hydrogen (secondary N) is 1. The van der Waals surface area contributed by atoms with Crippen LogP contribution >= 0.6 is 11.6 Å². The van der Waals surface area contributed by atoms with Gasteiger partial charge in [0.1, 0.15) is 5.75 Å². The number of methoxy groups -OCH3 is 1. The van der Waals surface area contributed by atoms with E-state index in [1.807, 2.05) is 0 Å². The van der Waals surface area contributed by atoms with Gasteiger partial charge in [-0.2, -0.15) is 0 Å². The molecule has 1 N–H and O–H groups in total. The molecule has 1 atom stereocenters. The summed E-state index contributed by atoms with van der Waals surface area (Å²) < 4.78 is 30.1. The highest BCUT2D eigenvalue weighted by molar-refractivity contribution is 7.94. The molecule has 7 nitrogen and oxygen atoms in total. The van der Waals surface area contributed by atoms with Crippen molar-refractivity contribution >= 4 is 44.8 Å². The van der Waals surface area contributed by atoms with E-state index < -0.39 is 27.8 Å². The van der Waals surface area contributed by atoms with Crippen LogP contribution in [0.15, 0.2) is 42.5 Å². The molecule has 1 aliphatic heterocycles. The molecule has 1 heterocycles. The van der Waals surface area contributed by atoms with Crippen LogP contribution < -0.4 is 14.4 Å². The molecule has 27 heavy (non-hydrogen) atoms. The smallest absolute Gasteiger partial charge is 0.255 e. The standard InChI is InChI=1S/C18H17ClN2O5S/c1-11-10-27(24,25)21(18(11)23)14-6-3-12(4-7-14)17(22)20-13-5-8-16(26-2)15(19)9-13/h3-9,11H,10H2,1-2H3,(H,20,22). The summed E-state index contributed by atoms with van der Waals surface area (Å²) in [5.74, 6) is -1.18. The Balaban J connectivity index is 1.78. The van der Waals surface area contributed by atoms with E-state index in [1.54, 1.807) is 25.1 Å². The average Bonchev–Trinajstić information content (AvgIpc) is 2.82. The Labute approximate surface area is 161 Å². The molecule has 2 aromatic rings. The van der Waals surface area contributed by atoms with Crippen LogP contribution in [0, 0.1) is 5.92 Å². The highest BCUT2D eigenvalue weighted by Crippen LogP contribution is 2.29. The first kappa shape index (κ1) is 19.2. The minimum Gasteiger partial charge on any atom is -0.495 e. The minimum absolute atomic E-state index is 0.216. The molecule has 0 aromatic heterocycles. The van der Waals surface area contributed by atoms with Crippen molar-refractivity contribution in [1.29, 1.82) is 0 Å². The van der Waals surface area contributed by atoms with Crippen molar-refractivity contribution in [3.8, 4) is 5.75 Å².